The van der Waals surface area contributed by atoms with Crippen molar-refractivity contribution >= 4 is 5.91 Å². The minimum Gasteiger partial charge on any atom is -0.273 e. The predicted octanol–water partition coefficient (Wildman–Crippen LogP) is 1.23. The third-order valence-electron chi connectivity index (χ3n) is 1.92. The Balaban J connectivity index is 2.17. The molecule has 2 heteroatoms. The molecule has 0 aromatic heterocycles. The molecule has 0 aliphatic heterocycles. The zero-order valence-corrected chi connectivity index (χ0v) is 5.68. The zero-order valence-electron chi connectivity index (χ0n) is 5.68. The average molecular weight is 126 g/mol. The van der Waals surface area contributed by atoms with E-state index in [-0.39, 0.29) is 11.8 Å². The summed E-state index contributed by atoms with van der Waals surface area (Å²) in [5.74, 6) is 0.332. The van der Waals surface area contributed by atoms with E-state index in [4.69, 9.17) is 5.73 Å². The van der Waals surface area contributed by atoms with Crippen molar-refractivity contribution in [2.45, 2.75) is 26.2 Å². The molecule has 0 aromatic rings. The molecule has 1 radical (unpaired) electrons. The molecule has 0 heterocycles. The predicted molar refractivity (Wildman–Crippen MR) is 34.6 cm³/mol. The molecule has 0 bridgehead atoms. The second kappa shape index (κ2) is 2.38. The fourth-order valence-corrected chi connectivity index (χ4v) is 1.26. The SMILES string of the molecule is CCCC1CC1C([NH])=O. The van der Waals surface area contributed by atoms with Crippen LogP contribution in [0.15, 0.2) is 0 Å². The lowest BCUT2D eigenvalue weighted by Gasteiger charge is -1.89. The highest BCUT2D eigenvalue weighted by molar-refractivity contribution is 5.78. The molecule has 1 saturated carbocycles. The van der Waals surface area contributed by atoms with E-state index in [1.54, 1.807) is 0 Å². The maximum Gasteiger partial charge on any atom is 0.241 e. The maximum absolute atomic E-state index is 10.4. The standard InChI is InChI=1S/C7H12NO/c1-2-3-5-4-6(5)7(8)9/h5-6,8H,2-4H2,1H3. The second-order valence-corrected chi connectivity index (χ2v) is 2.76. The molecule has 2 atom stereocenters. The second-order valence-electron chi connectivity index (χ2n) is 2.76. The van der Waals surface area contributed by atoms with E-state index >= 15 is 0 Å². The summed E-state index contributed by atoms with van der Waals surface area (Å²) in [6, 6.07) is 0. The molecule has 1 amide bonds. The Hall–Kier alpha value is -0.530. The van der Waals surface area contributed by atoms with Crippen molar-refractivity contribution in [3.05, 3.63) is 0 Å². The first kappa shape index (κ1) is 6.59. The monoisotopic (exact) mass is 126 g/mol. The molecule has 0 saturated heterocycles. The smallest absolute Gasteiger partial charge is 0.241 e. The average Bonchev–Trinajstić information content (AvgIpc) is 2.47. The third-order valence-corrected chi connectivity index (χ3v) is 1.92. The molecule has 2 nitrogen and oxygen atoms in total. The molecule has 1 aliphatic carbocycles. The van der Waals surface area contributed by atoms with E-state index in [0.29, 0.717) is 5.92 Å². The number of hydrogen-bond acceptors (Lipinski definition) is 1. The van der Waals surface area contributed by atoms with Crippen molar-refractivity contribution < 1.29 is 4.79 Å². The molecular weight excluding hydrogens is 114 g/mol. The Morgan fingerprint density at radius 1 is 1.78 bits per heavy atom. The highest BCUT2D eigenvalue weighted by Crippen LogP contribution is 2.41. The molecule has 1 fully saturated rings. The van der Waals surface area contributed by atoms with Gasteiger partial charge in [0.15, 0.2) is 0 Å². The maximum atomic E-state index is 10.4. The van der Waals surface area contributed by atoms with Crippen LogP contribution in [0.1, 0.15) is 26.2 Å². The van der Waals surface area contributed by atoms with Gasteiger partial charge in [-0.15, -0.1) is 0 Å². The number of nitrogens with one attached hydrogen (secondary N) is 1. The quantitative estimate of drug-likeness (QED) is 0.560. The van der Waals surface area contributed by atoms with Crippen molar-refractivity contribution in [3.63, 3.8) is 0 Å². The molecule has 0 aromatic carbocycles. The minimum absolute atomic E-state index is 0.116. The summed E-state index contributed by atoms with van der Waals surface area (Å²) in [5, 5.41) is 0. The Bertz CT molecular complexity index is 122. The van der Waals surface area contributed by atoms with Gasteiger partial charge >= 0.3 is 0 Å². The highest BCUT2D eigenvalue weighted by atomic mass is 16.1. The number of hydrogen-bond donors (Lipinski definition) is 0. The van der Waals surface area contributed by atoms with Gasteiger partial charge in [-0.25, -0.2) is 0 Å². The van der Waals surface area contributed by atoms with Crippen molar-refractivity contribution in [1.82, 2.24) is 5.73 Å². The number of amides is 1. The first-order valence-corrected chi connectivity index (χ1v) is 3.51. The van der Waals surface area contributed by atoms with Gasteiger partial charge < -0.3 is 0 Å². The topological polar surface area (TPSA) is 40.9 Å². The molecule has 1 rings (SSSR count). The number of carbonyl (C=O) groups excluding carboxylic acids is 1. The summed E-state index contributed by atoms with van der Waals surface area (Å²) in [7, 11) is 0. The number of carbonyl (C=O) groups is 1. The van der Waals surface area contributed by atoms with Gasteiger partial charge in [0, 0.05) is 5.92 Å². The highest BCUT2D eigenvalue weighted by Gasteiger charge is 2.40. The molecule has 9 heavy (non-hydrogen) atoms. The molecule has 1 aliphatic rings. The van der Waals surface area contributed by atoms with E-state index in [1.165, 1.54) is 0 Å². The van der Waals surface area contributed by atoms with Crippen LogP contribution < -0.4 is 5.73 Å². The van der Waals surface area contributed by atoms with Crippen LogP contribution in [-0.2, 0) is 4.79 Å². The van der Waals surface area contributed by atoms with Crippen LogP contribution in [0.3, 0.4) is 0 Å². The van der Waals surface area contributed by atoms with Gasteiger partial charge in [-0.2, -0.15) is 0 Å². The molecule has 51 valence electrons. The Morgan fingerprint density at radius 2 is 2.44 bits per heavy atom. The van der Waals surface area contributed by atoms with Crippen LogP contribution in [-0.4, -0.2) is 5.91 Å². The molecule has 2 unspecified atom stereocenters. The van der Waals surface area contributed by atoms with E-state index in [0.717, 1.165) is 19.3 Å². The van der Waals surface area contributed by atoms with Gasteiger partial charge in [0.2, 0.25) is 5.91 Å². The molecular formula is C7H12NO. The molecule has 0 spiro atoms. The van der Waals surface area contributed by atoms with Crippen LogP contribution in [0.2, 0.25) is 0 Å². The lowest BCUT2D eigenvalue weighted by Crippen LogP contribution is -2.01. The van der Waals surface area contributed by atoms with E-state index in [9.17, 15) is 4.79 Å². The van der Waals surface area contributed by atoms with E-state index < -0.39 is 0 Å². The van der Waals surface area contributed by atoms with Gasteiger partial charge in [-0.1, -0.05) is 13.3 Å². The van der Waals surface area contributed by atoms with Gasteiger partial charge in [-0.3, -0.25) is 10.5 Å². The Morgan fingerprint density at radius 3 is 2.78 bits per heavy atom. The van der Waals surface area contributed by atoms with Crippen LogP contribution in [0.25, 0.3) is 0 Å². The fourth-order valence-electron chi connectivity index (χ4n) is 1.26. The van der Waals surface area contributed by atoms with Gasteiger partial charge in [0.05, 0.1) is 0 Å². The summed E-state index contributed by atoms with van der Waals surface area (Å²) in [6.07, 6.45) is 3.26. The van der Waals surface area contributed by atoms with Crippen molar-refractivity contribution in [3.8, 4) is 0 Å². The van der Waals surface area contributed by atoms with Crippen molar-refractivity contribution in [2.24, 2.45) is 11.8 Å². The van der Waals surface area contributed by atoms with Crippen LogP contribution in [0.4, 0.5) is 0 Å². The first-order valence-electron chi connectivity index (χ1n) is 3.51. The Kier molecular flexibility index (Phi) is 1.74. The normalized spacial score (nSPS) is 32.1. The summed E-state index contributed by atoms with van der Waals surface area (Å²) < 4.78 is 0. The van der Waals surface area contributed by atoms with Gasteiger partial charge in [0.1, 0.15) is 0 Å². The summed E-state index contributed by atoms with van der Waals surface area (Å²) in [5.41, 5.74) is 6.76. The lowest BCUT2D eigenvalue weighted by molar-refractivity contribution is -0.120. The minimum atomic E-state index is -0.353. The fraction of sp³-hybridized carbons (Fsp3) is 0.857. The summed E-state index contributed by atoms with van der Waals surface area (Å²) in [4.78, 5) is 10.4. The van der Waals surface area contributed by atoms with Crippen LogP contribution in [0, 0.1) is 11.8 Å². The van der Waals surface area contributed by atoms with Crippen LogP contribution in [0.5, 0.6) is 0 Å². The van der Waals surface area contributed by atoms with E-state index in [1.807, 2.05) is 0 Å². The largest absolute Gasteiger partial charge is 0.273 e. The van der Waals surface area contributed by atoms with Gasteiger partial charge in [-0.05, 0) is 18.8 Å². The third kappa shape index (κ3) is 1.44. The number of rotatable bonds is 3. The Labute approximate surface area is 55.4 Å². The van der Waals surface area contributed by atoms with Gasteiger partial charge in [0.25, 0.3) is 0 Å². The first-order chi connectivity index (χ1) is 4.25. The van der Waals surface area contributed by atoms with E-state index in [2.05, 4.69) is 6.92 Å². The van der Waals surface area contributed by atoms with Crippen LogP contribution >= 0.6 is 0 Å². The summed E-state index contributed by atoms with van der Waals surface area (Å²) in [6.45, 7) is 2.11. The van der Waals surface area contributed by atoms with Crippen molar-refractivity contribution in [1.29, 1.82) is 0 Å². The zero-order chi connectivity index (χ0) is 6.85. The molecule has 1 N–H and O–H groups in total. The van der Waals surface area contributed by atoms with Crippen molar-refractivity contribution in [2.75, 3.05) is 0 Å². The summed E-state index contributed by atoms with van der Waals surface area (Å²) >= 11 is 0. The lowest BCUT2D eigenvalue weighted by atomic mass is 10.2.